The average Bonchev–Trinajstić information content (AvgIpc) is 3.50. The van der Waals surface area contributed by atoms with Crippen LogP contribution in [0, 0.1) is 11.6 Å². The van der Waals surface area contributed by atoms with Gasteiger partial charge in [-0.15, -0.1) is 0 Å². The normalized spacial score (nSPS) is 24.9. The minimum atomic E-state index is -3.12. The fourth-order valence-corrected chi connectivity index (χ4v) is 7.50. The standard InChI is InChI=1S/C32H33F5N6O2/c1-2-21-24(34)5-4-17-8-20(44)9-22(25(17)21)27-26(35)28-23(12-39-27)29(42-14-19(38)11-32(36,37)15-42)41-30(40-28)45-16-31-6-3-7-43(31)13-18(33)10-31/h4-5,8-9,12,18-19,44H,2-3,6-7,10-11,13-16,38H2,1H3/t18-,19-,31+/m1/s1. The average molecular weight is 629 g/mol. The van der Waals surface area contributed by atoms with Crippen molar-refractivity contribution in [3.63, 3.8) is 0 Å². The number of phenolic OH excluding ortho intramolecular Hbond substituents is 1. The lowest BCUT2D eigenvalue weighted by molar-refractivity contribution is -0.0173. The van der Waals surface area contributed by atoms with Crippen LogP contribution in [0.5, 0.6) is 11.8 Å². The van der Waals surface area contributed by atoms with Crippen LogP contribution in [0.15, 0.2) is 30.5 Å². The summed E-state index contributed by atoms with van der Waals surface area (Å²) >= 11 is 0. The summed E-state index contributed by atoms with van der Waals surface area (Å²) in [7, 11) is 0. The predicted octanol–water partition coefficient (Wildman–Crippen LogP) is 5.52. The van der Waals surface area contributed by atoms with Gasteiger partial charge in [0.25, 0.3) is 5.92 Å². The van der Waals surface area contributed by atoms with Crippen LogP contribution < -0.4 is 15.4 Å². The Morgan fingerprint density at radius 3 is 2.73 bits per heavy atom. The highest BCUT2D eigenvalue weighted by atomic mass is 19.3. The second-order valence-electron chi connectivity index (χ2n) is 12.5. The number of aromatic hydroxyl groups is 1. The first-order valence-corrected chi connectivity index (χ1v) is 15.2. The molecule has 0 aliphatic carbocycles. The smallest absolute Gasteiger partial charge is 0.319 e. The molecule has 5 heterocycles. The highest BCUT2D eigenvalue weighted by molar-refractivity contribution is 6.01. The van der Waals surface area contributed by atoms with Gasteiger partial charge in [0.05, 0.1) is 17.5 Å². The molecule has 0 spiro atoms. The van der Waals surface area contributed by atoms with E-state index in [1.807, 2.05) is 4.90 Å². The summed E-state index contributed by atoms with van der Waals surface area (Å²) in [4.78, 5) is 16.5. The SMILES string of the molecule is CCc1c(F)ccc2cc(O)cc(-c3ncc4c(N5C[C@H](N)CC(F)(F)C5)nc(OC[C@@]56CCCN5C[C@H](F)C6)nc4c3F)c12. The van der Waals surface area contributed by atoms with Gasteiger partial charge in [-0.25, -0.2) is 22.0 Å². The van der Waals surface area contributed by atoms with Gasteiger partial charge in [-0.2, -0.15) is 9.97 Å². The monoisotopic (exact) mass is 628 g/mol. The van der Waals surface area contributed by atoms with Crippen LogP contribution in [0.4, 0.5) is 27.8 Å². The molecule has 3 N–H and O–H groups in total. The minimum absolute atomic E-state index is 0.0144. The molecule has 13 heteroatoms. The summed E-state index contributed by atoms with van der Waals surface area (Å²) in [6.07, 6.45) is 1.95. The van der Waals surface area contributed by atoms with Crippen LogP contribution in [0.3, 0.4) is 0 Å². The first kappa shape index (κ1) is 29.8. The van der Waals surface area contributed by atoms with Gasteiger partial charge >= 0.3 is 6.01 Å². The third-order valence-corrected chi connectivity index (χ3v) is 9.37. The van der Waals surface area contributed by atoms with Crippen LogP contribution >= 0.6 is 0 Å². The second kappa shape index (κ2) is 10.9. The van der Waals surface area contributed by atoms with E-state index < -0.39 is 48.3 Å². The molecule has 0 bridgehead atoms. The molecular formula is C32H33F5N6O2. The van der Waals surface area contributed by atoms with Gasteiger partial charge in [0.2, 0.25) is 0 Å². The Morgan fingerprint density at radius 1 is 1.13 bits per heavy atom. The van der Waals surface area contributed by atoms with Crippen LogP contribution in [-0.2, 0) is 6.42 Å². The van der Waals surface area contributed by atoms with Crippen LogP contribution in [0.1, 0.15) is 38.2 Å². The van der Waals surface area contributed by atoms with E-state index in [0.717, 1.165) is 13.0 Å². The third-order valence-electron chi connectivity index (χ3n) is 9.37. The molecule has 7 rings (SSSR count). The zero-order valence-electron chi connectivity index (χ0n) is 24.7. The Hall–Kier alpha value is -3.84. The molecule has 0 amide bonds. The number of hydrogen-bond donors (Lipinski definition) is 2. The van der Waals surface area contributed by atoms with Gasteiger partial charge in [0.15, 0.2) is 5.82 Å². The molecule has 2 aromatic carbocycles. The lowest BCUT2D eigenvalue weighted by Gasteiger charge is -2.37. The van der Waals surface area contributed by atoms with E-state index in [1.54, 1.807) is 6.92 Å². The summed E-state index contributed by atoms with van der Waals surface area (Å²) in [6, 6.07) is 4.43. The van der Waals surface area contributed by atoms with E-state index in [0.29, 0.717) is 35.7 Å². The Morgan fingerprint density at radius 2 is 1.96 bits per heavy atom. The summed E-state index contributed by atoms with van der Waals surface area (Å²) < 4.78 is 81.4. The number of piperidine rings is 1. The van der Waals surface area contributed by atoms with Crippen molar-refractivity contribution in [2.75, 3.05) is 37.7 Å². The van der Waals surface area contributed by atoms with Crippen molar-refractivity contribution in [1.82, 2.24) is 19.9 Å². The number of halogens is 5. The number of ether oxygens (including phenoxy) is 1. The van der Waals surface area contributed by atoms with Crippen molar-refractivity contribution in [3.8, 4) is 23.0 Å². The summed E-state index contributed by atoms with van der Waals surface area (Å²) in [5.41, 5.74) is 5.45. The van der Waals surface area contributed by atoms with E-state index in [-0.39, 0.29) is 59.3 Å². The van der Waals surface area contributed by atoms with Crippen molar-refractivity contribution >= 4 is 27.5 Å². The Kier molecular flexibility index (Phi) is 7.23. The molecule has 3 aliphatic heterocycles. The minimum Gasteiger partial charge on any atom is -0.508 e. The Balaban J connectivity index is 1.39. The first-order valence-electron chi connectivity index (χ1n) is 15.2. The van der Waals surface area contributed by atoms with Gasteiger partial charge in [-0.1, -0.05) is 13.0 Å². The molecule has 0 radical (unpaired) electrons. The van der Waals surface area contributed by atoms with Gasteiger partial charge in [-0.05, 0) is 60.3 Å². The molecule has 8 nitrogen and oxygen atoms in total. The highest BCUT2D eigenvalue weighted by Crippen LogP contribution is 2.42. The fraction of sp³-hybridized carbons (Fsp3) is 0.469. The highest BCUT2D eigenvalue weighted by Gasteiger charge is 2.49. The number of nitrogens with zero attached hydrogens (tertiary/aromatic N) is 5. The molecule has 238 valence electrons. The summed E-state index contributed by atoms with van der Waals surface area (Å²) in [5, 5.41) is 11.4. The number of aryl methyl sites for hydroxylation is 1. The van der Waals surface area contributed by atoms with E-state index >= 15 is 4.39 Å². The van der Waals surface area contributed by atoms with E-state index in [9.17, 15) is 22.7 Å². The van der Waals surface area contributed by atoms with Gasteiger partial charge < -0.3 is 20.5 Å². The molecule has 3 saturated heterocycles. The number of benzene rings is 2. The number of rotatable bonds is 6. The zero-order chi connectivity index (χ0) is 31.7. The summed E-state index contributed by atoms with van der Waals surface area (Å²) in [6.45, 7) is 2.17. The maximum absolute atomic E-state index is 16.7. The van der Waals surface area contributed by atoms with Crippen molar-refractivity contribution in [1.29, 1.82) is 0 Å². The molecular weight excluding hydrogens is 595 g/mol. The number of fused-ring (bicyclic) bond motifs is 3. The van der Waals surface area contributed by atoms with Crippen molar-refractivity contribution < 1.29 is 31.8 Å². The van der Waals surface area contributed by atoms with Crippen LogP contribution in [0.2, 0.25) is 0 Å². The van der Waals surface area contributed by atoms with Gasteiger partial charge in [0, 0.05) is 43.7 Å². The largest absolute Gasteiger partial charge is 0.508 e. The number of aromatic nitrogens is 3. The number of nitrogens with two attached hydrogens (primary N) is 1. The number of anilines is 1. The molecule has 2 aromatic heterocycles. The first-order chi connectivity index (χ1) is 21.5. The number of pyridine rings is 1. The second-order valence-corrected chi connectivity index (χ2v) is 12.5. The fourth-order valence-electron chi connectivity index (χ4n) is 7.50. The van der Waals surface area contributed by atoms with Gasteiger partial charge in [0.1, 0.15) is 41.4 Å². The lowest BCUT2D eigenvalue weighted by Crippen LogP contribution is -2.53. The third kappa shape index (κ3) is 5.19. The molecule has 0 saturated carbocycles. The Labute approximate surface area is 256 Å². The number of phenols is 1. The van der Waals surface area contributed by atoms with Gasteiger partial charge in [-0.3, -0.25) is 9.88 Å². The van der Waals surface area contributed by atoms with E-state index in [2.05, 4.69) is 15.0 Å². The van der Waals surface area contributed by atoms with Crippen LogP contribution in [0.25, 0.3) is 32.9 Å². The quantitative estimate of drug-likeness (QED) is 0.270. The zero-order valence-corrected chi connectivity index (χ0v) is 24.7. The van der Waals surface area contributed by atoms with Crippen molar-refractivity contribution in [2.45, 2.75) is 62.7 Å². The molecule has 0 unspecified atom stereocenters. The van der Waals surface area contributed by atoms with Crippen LogP contribution in [-0.4, -0.2) is 81.4 Å². The van der Waals surface area contributed by atoms with E-state index in [4.69, 9.17) is 10.5 Å². The number of alkyl halides is 3. The Bertz CT molecular complexity index is 1810. The molecule has 3 fully saturated rings. The van der Waals surface area contributed by atoms with Crippen molar-refractivity contribution in [3.05, 3.63) is 47.7 Å². The van der Waals surface area contributed by atoms with E-state index in [1.165, 1.54) is 35.4 Å². The number of hydrogen-bond acceptors (Lipinski definition) is 8. The molecule has 4 aromatic rings. The predicted molar refractivity (Wildman–Crippen MR) is 160 cm³/mol. The maximum atomic E-state index is 16.7. The van der Waals surface area contributed by atoms with Crippen molar-refractivity contribution in [2.24, 2.45) is 5.73 Å². The summed E-state index contributed by atoms with van der Waals surface area (Å²) in [5.74, 6) is -4.71. The molecule has 3 atom stereocenters. The molecule has 3 aliphatic rings. The molecule has 45 heavy (non-hydrogen) atoms. The lowest BCUT2D eigenvalue weighted by atomic mass is 9.94. The topological polar surface area (TPSA) is 101 Å². The maximum Gasteiger partial charge on any atom is 0.319 e.